The number of ether oxygens (including phenoxy) is 1. The van der Waals surface area contributed by atoms with E-state index in [9.17, 15) is 14.4 Å². The van der Waals surface area contributed by atoms with Crippen molar-refractivity contribution in [3.05, 3.63) is 113 Å². The minimum Gasteiger partial charge on any atom is -0.489 e. The Bertz CT molecular complexity index is 1540. The number of nitrogens with zero attached hydrogens (tertiary/aromatic N) is 1. The Morgan fingerprint density at radius 2 is 1.53 bits per heavy atom. The summed E-state index contributed by atoms with van der Waals surface area (Å²) in [5, 5.41) is 4.58. The van der Waals surface area contributed by atoms with Crippen LogP contribution in [0.3, 0.4) is 0 Å². The SMILES string of the molecule is Cc1ccccc1N1C(=O)NC(=O)/C(=C\c2ccc(OCc3c(C)ccc4ccccc34)cc2)C1=O. The largest absolute Gasteiger partial charge is 0.489 e. The Kier molecular flexibility index (Phi) is 6.09. The van der Waals surface area contributed by atoms with Gasteiger partial charge in [-0.15, -0.1) is 0 Å². The first-order chi connectivity index (χ1) is 17.4. The van der Waals surface area contributed by atoms with E-state index in [0.29, 0.717) is 23.6 Å². The molecule has 4 aromatic carbocycles. The van der Waals surface area contributed by atoms with Crippen LogP contribution in [-0.4, -0.2) is 17.8 Å². The molecule has 6 nitrogen and oxygen atoms in total. The average Bonchev–Trinajstić information content (AvgIpc) is 2.88. The van der Waals surface area contributed by atoms with Gasteiger partial charge in [-0.3, -0.25) is 14.9 Å². The van der Waals surface area contributed by atoms with Gasteiger partial charge in [0.2, 0.25) is 0 Å². The highest BCUT2D eigenvalue weighted by molar-refractivity contribution is 6.39. The summed E-state index contributed by atoms with van der Waals surface area (Å²) in [5.41, 5.74) is 4.00. The van der Waals surface area contributed by atoms with Gasteiger partial charge in [-0.05, 0) is 65.6 Å². The number of hydrogen-bond donors (Lipinski definition) is 1. The first-order valence-electron chi connectivity index (χ1n) is 11.6. The lowest BCUT2D eigenvalue weighted by atomic mass is 10.0. The maximum absolute atomic E-state index is 13.1. The highest BCUT2D eigenvalue weighted by atomic mass is 16.5. The van der Waals surface area contributed by atoms with Crippen LogP contribution in [0.2, 0.25) is 0 Å². The van der Waals surface area contributed by atoms with E-state index in [-0.39, 0.29) is 5.57 Å². The number of fused-ring (bicyclic) bond motifs is 1. The van der Waals surface area contributed by atoms with Crippen molar-refractivity contribution < 1.29 is 19.1 Å². The molecule has 0 radical (unpaired) electrons. The summed E-state index contributed by atoms with van der Waals surface area (Å²) in [7, 11) is 0. The second-order valence-electron chi connectivity index (χ2n) is 8.68. The molecule has 1 N–H and O–H groups in total. The Morgan fingerprint density at radius 3 is 2.31 bits per heavy atom. The van der Waals surface area contributed by atoms with Gasteiger partial charge >= 0.3 is 6.03 Å². The van der Waals surface area contributed by atoms with E-state index in [2.05, 4.69) is 36.5 Å². The van der Waals surface area contributed by atoms with Gasteiger partial charge in [0.25, 0.3) is 11.8 Å². The molecule has 0 aliphatic carbocycles. The molecule has 4 aromatic rings. The maximum Gasteiger partial charge on any atom is 0.335 e. The minimum absolute atomic E-state index is 0.113. The third kappa shape index (κ3) is 4.36. The van der Waals surface area contributed by atoms with Crippen LogP contribution in [0.1, 0.15) is 22.3 Å². The number of carbonyl (C=O) groups excluding carboxylic acids is 3. The molecule has 1 saturated heterocycles. The quantitative estimate of drug-likeness (QED) is 0.296. The summed E-state index contributed by atoms with van der Waals surface area (Å²) in [4.78, 5) is 39.0. The zero-order valence-corrected chi connectivity index (χ0v) is 19.9. The molecule has 1 aliphatic heterocycles. The fourth-order valence-corrected chi connectivity index (χ4v) is 4.31. The highest BCUT2D eigenvalue weighted by Crippen LogP contribution is 2.26. The molecule has 4 amide bonds. The lowest BCUT2D eigenvalue weighted by Gasteiger charge is -2.27. The fraction of sp³-hybridized carbons (Fsp3) is 0.100. The maximum atomic E-state index is 13.1. The monoisotopic (exact) mass is 476 g/mol. The van der Waals surface area contributed by atoms with Crippen molar-refractivity contribution in [1.29, 1.82) is 0 Å². The average molecular weight is 477 g/mol. The number of anilines is 1. The molecule has 0 unspecified atom stereocenters. The predicted octanol–water partition coefficient (Wildman–Crippen LogP) is 5.70. The Morgan fingerprint density at radius 1 is 0.806 bits per heavy atom. The van der Waals surface area contributed by atoms with Gasteiger partial charge in [0.05, 0.1) is 5.69 Å². The van der Waals surface area contributed by atoms with E-state index in [4.69, 9.17) is 4.74 Å². The number of rotatable bonds is 5. The van der Waals surface area contributed by atoms with E-state index in [0.717, 1.165) is 32.4 Å². The Labute approximate surface area is 208 Å². The number of carbonyl (C=O) groups is 3. The van der Waals surface area contributed by atoms with Crippen molar-refractivity contribution in [2.24, 2.45) is 0 Å². The smallest absolute Gasteiger partial charge is 0.335 e. The minimum atomic E-state index is -0.760. The molecular weight excluding hydrogens is 452 g/mol. The molecule has 0 atom stereocenters. The predicted molar refractivity (Wildman–Crippen MR) is 140 cm³/mol. The highest BCUT2D eigenvalue weighted by Gasteiger charge is 2.37. The van der Waals surface area contributed by atoms with Gasteiger partial charge in [0.1, 0.15) is 17.9 Å². The van der Waals surface area contributed by atoms with E-state index in [1.54, 1.807) is 49.4 Å². The number of urea groups is 1. The normalized spacial score (nSPS) is 14.9. The third-order valence-electron chi connectivity index (χ3n) is 6.31. The molecule has 0 bridgehead atoms. The van der Waals surface area contributed by atoms with Crippen LogP contribution >= 0.6 is 0 Å². The number of benzene rings is 4. The summed E-state index contributed by atoms with van der Waals surface area (Å²) in [6.45, 7) is 4.29. The van der Waals surface area contributed by atoms with Crippen LogP contribution in [0.4, 0.5) is 10.5 Å². The zero-order chi connectivity index (χ0) is 25.2. The molecule has 0 spiro atoms. The molecule has 36 heavy (non-hydrogen) atoms. The molecule has 0 aromatic heterocycles. The first kappa shape index (κ1) is 23.1. The second kappa shape index (κ2) is 9.50. The van der Waals surface area contributed by atoms with E-state index < -0.39 is 17.8 Å². The molecule has 0 saturated carbocycles. The summed E-state index contributed by atoms with van der Waals surface area (Å²) in [5.74, 6) is -0.716. The molecule has 1 fully saturated rings. The Balaban J connectivity index is 1.36. The van der Waals surface area contributed by atoms with Crippen LogP contribution < -0.4 is 15.0 Å². The van der Waals surface area contributed by atoms with Crippen molar-refractivity contribution in [1.82, 2.24) is 5.32 Å². The molecular formula is C30H24N2O4. The number of hydrogen-bond acceptors (Lipinski definition) is 4. The number of amides is 4. The van der Waals surface area contributed by atoms with Crippen LogP contribution in [0.5, 0.6) is 5.75 Å². The van der Waals surface area contributed by atoms with Crippen molar-refractivity contribution in [3.8, 4) is 5.75 Å². The lowest BCUT2D eigenvalue weighted by molar-refractivity contribution is -0.122. The first-order valence-corrected chi connectivity index (χ1v) is 11.6. The van der Waals surface area contributed by atoms with Gasteiger partial charge in [0.15, 0.2) is 0 Å². The fourth-order valence-electron chi connectivity index (χ4n) is 4.31. The molecule has 1 heterocycles. The van der Waals surface area contributed by atoms with Gasteiger partial charge in [0, 0.05) is 5.56 Å². The van der Waals surface area contributed by atoms with Crippen molar-refractivity contribution in [3.63, 3.8) is 0 Å². The van der Waals surface area contributed by atoms with E-state index in [1.165, 1.54) is 6.08 Å². The number of para-hydroxylation sites is 1. The van der Waals surface area contributed by atoms with Crippen molar-refractivity contribution in [2.45, 2.75) is 20.5 Å². The molecule has 1 aliphatic rings. The van der Waals surface area contributed by atoms with Crippen LogP contribution in [0.15, 0.2) is 90.5 Å². The van der Waals surface area contributed by atoms with Crippen LogP contribution in [-0.2, 0) is 16.2 Å². The van der Waals surface area contributed by atoms with Gasteiger partial charge in [-0.2, -0.15) is 0 Å². The molecule has 5 rings (SSSR count). The Hall–Kier alpha value is -4.71. The van der Waals surface area contributed by atoms with Gasteiger partial charge < -0.3 is 4.74 Å². The standard InChI is InChI=1S/C30H24N2O4/c1-19-11-14-22-8-4-5-9-24(22)26(19)18-36-23-15-12-21(13-16-23)17-25-28(33)31-30(35)32(29(25)34)27-10-6-3-7-20(27)2/h3-17H,18H2,1-2H3,(H,31,33,35)/b25-17+. The second-order valence-corrected chi connectivity index (χ2v) is 8.68. The van der Waals surface area contributed by atoms with Gasteiger partial charge in [-0.25, -0.2) is 9.69 Å². The van der Waals surface area contributed by atoms with E-state index >= 15 is 0 Å². The summed E-state index contributed by atoms with van der Waals surface area (Å²) in [6, 6.07) is 25.8. The summed E-state index contributed by atoms with van der Waals surface area (Å²) >= 11 is 0. The van der Waals surface area contributed by atoms with Gasteiger partial charge in [-0.1, -0.05) is 66.7 Å². The molecule has 6 heteroatoms. The number of aryl methyl sites for hydroxylation is 2. The number of barbiturate groups is 1. The van der Waals surface area contributed by atoms with Crippen molar-refractivity contribution in [2.75, 3.05) is 4.90 Å². The number of imide groups is 2. The summed E-state index contributed by atoms with van der Waals surface area (Å²) < 4.78 is 6.05. The van der Waals surface area contributed by atoms with E-state index in [1.807, 2.05) is 18.2 Å². The summed E-state index contributed by atoms with van der Waals surface area (Å²) in [6.07, 6.45) is 1.48. The lowest BCUT2D eigenvalue weighted by Crippen LogP contribution is -2.54. The number of nitrogens with one attached hydrogen (secondary N) is 1. The van der Waals surface area contributed by atoms with Crippen LogP contribution in [0, 0.1) is 13.8 Å². The topological polar surface area (TPSA) is 75.7 Å². The zero-order valence-electron chi connectivity index (χ0n) is 19.9. The molecule has 178 valence electrons. The third-order valence-corrected chi connectivity index (χ3v) is 6.31. The van der Waals surface area contributed by atoms with Crippen LogP contribution in [0.25, 0.3) is 16.8 Å². The van der Waals surface area contributed by atoms with Crippen molar-refractivity contribution >= 4 is 40.4 Å².